The summed E-state index contributed by atoms with van der Waals surface area (Å²) >= 11 is 0. The van der Waals surface area contributed by atoms with Crippen LogP contribution in [0.4, 0.5) is 0 Å². The lowest BCUT2D eigenvalue weighted by Crippen LogP contribution is -2.41. The Kier molecular flexibility index (Phi) is 5.88. The molecule has 0 bridgehead atoms. The molecule has 1 saturated carbocycles. The summed E-state index contributed by atoms with van der Waals surface area (Å²) in [6, 6.07) is 13.8. The number of nitrogens with two attached hydrogens (primary N) is 1. The SMILES string of the molecule is NC(=NCc1ccc(Cn2ccccc2=O)cc1)NC1CCCCC1. The third-order valence-electron chi connectivity index (χ3n) is 4.66. The van der Waals surface area contributed by atoms with E-state index in [1.54, 1.807) is 22.9 Å². The highest BCUT2D eigenvalue weighted by molar-refractivity contribution is 5.78. The number of hydrogen-bond donors (Lipinski definition) is 2. The van der Waals surface area contributed by atoms with Gasteiger partial charge < -0.3 is 15.6 Å². The molecule has 0 aliphatic heterocycles. The number of pyridine rings is 1. The molecule has 0 amide bonds. The summed E-state index contributed by atoms with van der Waals surface area (Å²) in [6.45, 7) is 1.14. The van der Waals surface area contributed by atoms with Crippen molar-refractivity contribution in [3.63, 3.8) is 0 Å². The smallest absolute Gasteiger partial charge is 0.250 e. The van der Waals surface area contributed by atoms with Gasteiger partial charge in [0.25, 0.3) is 5.56 Å². The van der Waals surface area contributed by atoms with Crippen LogP contribution in [-0.4, -0.2) is 16.6 Å². The van der Waals surface area contributed by atoms with Gasteiger partial charge in [0.05, 0.1) is 13.1 Å². The molecule has 5 heteroatoms. The van der Waals surface area contributed by atoms with Crippen molar-refractivity contribution in [1.29, 1.82) is 0 Å². The highest BCUT2D eigenvalue weighted by Gasteiger charge is 2.13. The molecule has 3 N–H and O–H groups in total. The minimum Gasteiger partial charge on any atom is -0.370 e. The van der Waals surface area contributed by atoms with Gasteiger partial charge in [-0.15, -0.1) is 0 Å². The van der Waals surface area contributed by atoms with Crippen molar-refractivity contribution in [3.05, 3.63) is 70.1 Å². The Hall–Kier alpha value is -2.56. The molecule has 3 rings (SSSR count). The summed E-state index contributed by atoms with van der Waals surface area (Å²) in [5.41, 5.74) is 8.21. The average Bonchev–Trinajstić information content (AvgIpc) is 2.64. The van der Waals surface area contributed by atoms with E-state index in [4.69, 9.17) is 5.73 Å². The lowest BCUT2D eigenvalue weighted by atomic mass is 9.96. The first kappa shape index (κ1) is 17.3. The molecule has 1 fully saturated rings. The predicted molar refractivity (Wildman–Crippen MR) is 102 cm³/mol. The van der Waals surface area contributed by atoms with Crippen molar-refractivity contribution in [2.45, 2.75) is 51.2 Å². The second-order valence-electron chi connectivity index (χ2n) is 6.66. The molecule has 0 spiro atoms. The standard InChI is InChI=1S/C20H26N4O/c21-20(23-18-6-2-1-3-7-18)22-14-16-9-11-17(12-10-16)15-24-13-5-4-8-19(24)25/h4-5,8-13,18H,1-3,6-7,14-15H2,(H3,21,22,23). The van der Waals surface area contributed by atoms with Crippen LogP contribution in [0.5, 0.6) is 0 Å². The maximum atomic E-state index is 11.8. The van der Waals surface area contributed by atoms with E-state index in [-0.39, 0.29) is 5.56 Å². The molecule has 1 aromatic carbocycles. The second-order valence-corrected chi connectivity index (χ2v) is 6.66. The quantitative estimate of drug-likeness (QED) is 0.650. The first-order valence-electron chi connectivity index (χ1n) is 9.00. The van der Waals surface area contributed by atoms with E-state index in [0.717, 1.165) is 11.1 Å². The van der Waals surface area contributed by atoms with E-state index < -0.39 is 0 Å². The van der Waals surface area contributed by atoms with Gasteiger partial charge in [-0.25, -0.2) is 4.99 Å². The Morgan fingerprint density at radius 1 is 1.08 bits per heavy atom. The molecule has 25 heavy (non-hydrogen) atoms. The number of hydrogen-bond acceptors (Lipinski definition) is 2. The summed E-state index contributed by atoms with van der Waals surface area (Å²) in [5.74, 6) is 0.534. The van der Waals surface area contributed by atoms with E-state index in [1.165, 1.54) is 32.1 Å². The monoisotopic (exact) mass is 338 g/mol. The fraction of sp³-hybridized carbons (Fsp3) is 0.400. The van der Waals surface area contributed by atoms with Crippen molar-refractivity contribution in [2.24, 2.45) is 10.7 Å². The van der Waals surface area contributed by atoms with Crippen molar-refractivity contribution in [3.8, 4) is 0 Å². The molecule has 0 radical (unpaired) electrons. The normalized spacial score (nSPS) is 15.9. The number of guanidine groups is 1. The van der Waals surface area contributed by atoms with Crippen molar-refractivity contribution >= 4 is 5.96 Å². The third-order valence-corrected chi connectivity index (χ3v) is 4.66. The number of nitrogens with zero attached hydrogens (tertiary/aromatic N) is 2. The van der Waals surface area contributed by atoms with Crippen LogP contribution in [0.2, 0.25) is 0 Å². The van der Waals surface area contributed by atoms with Gasteiger partial charge in [0.1, 0.15) is 0 Å². The fourth-order valence-electron chi connectivity index (χ4n) is 3.22. The molecule has 0 unspecified atom stereocenters. The Balaban J connectivity index is 1.54. The number of aliphatic imine (C=N–C) groups is 1. The lowest BCUT2D eigenvalue weighted by Gasteiger charge is -2.23. The number of rotatable bonds is 5. The number of benzene rings is 1. The summed E-state index contributed by atoms with van der Waals surface area (Å²) < 4.78 is 1.69. The van der Waals surface area contributed by atoms with E-state index in [1.807, 2.05) is 30.3 Å². The topological polar surface area (TPSA) is 72.4 Å². The van der Waals surface area contributed by atoms with Crippen LogP contribution in [0.3, 0.4) is 0 Å². The summed E-state index contributed by atoms with van der Waals surface area (Å²) in [6.07, 6.45) is 8.05. The van der Waals surface area contributed by atoms with Crippen LogP contribution in [0.1, 0.15) is 43.2 Å². The molecule has 1 heterocycles. The second kappa shape index (κ2) is 8.51. The Morgan fingerprint density at radius 2 is 1.80 bits per heavy atom. The Bertz CT molecular complexity index is 758. The molecule has 5 nitrogen and oxygen atoms in total. The molecule has 1 aliphatic rings. The van der Waals surface area contributed by atoms with Gasteiger partial charge in [0, 0.05) is 18.3 Å². The minimum atomic E-state index is 0.0118. The molecule has 0 atom stereocenters. The van der Waals surface area contributed by atoms with Gasteiger partial charge in [-0.1, -0.05) is 49.6 Å². The van der Waals surface area contributed by atoms with Crippen molar-refractivity contribution in [1.82, 2.24) is 9.88 Å². The van der Waals surface area contributed by atoms with Crippen LogP contribution in [0, 0.1) is 0 Å². The fourth-order valence-corrected chi connectivity index (χ4v) is 3.22. The van der Waals surface area contributed by atoms with Gasteiger partial charge >= 0.3 is 0 Å². The molecular formula is C20H26N4O. The van der Waals surface area contributed by atoms with E-state index in [0.29, 0.717) is 25.1 Å². The van der Waals surface area contributed by atoms with Gasteiger partial charge in [0.15, 0.2) is 5.96 Å². The van der Waals surface area contributed by atoms with Crippen LogP contribution in [0.15, 0.2) is 58.4 Å². The first-order valence-corrected chi connectivity index (χ1v) is 9.00. The zero-order valence-electron chi connectivity index (χ0n) is 14.5. The minimum absolute atomic E-state index is 0.0118. The zero-order chi connectivity index (χ0) is 17.5. The molecule has 1 aromatic heterocycles. The maximum absolute atomic E-state index is 11.8. The zero-order valence-corrected chi connectivity index (χ0v) is 14.5. The predicted octanol–water partition coefficient (Wildman–Crippen LogP) is 2.63. The summed E-state index contributed by atoms with van der Waals surface area (Å²) in [4.78, 5) is 16.2. The molecule has 132 valence electrons. The van der Waals surface area contributed by atoms with Crippen molar-refractivity contribution < 1.29 is 0 Å². The van der Waals surface area contributed by atoms with E-state index in [9.17, 15) is 4.79 Å². The van der Waals surface area contributed by atoms with Gasteiger partial charge in [-0.2, -0.15) is 0 Å². The molecule has 2 aromatic rings. The summed E-state index contributed by atoms with van der Waals surface area (Å²) in [5, 5.41) is 3.33. The van der Waals surface area contributed by atoms with Crippen molar-refractivity contribution in [2.75, 3.05) is 0 Å². The largest absolute Gasteiger partial charge is 0.370 e. The molecule has 1 aliphatic carbocycles. The van der Waals surface area contributed by atoms with Gasteiger partial charge in [-0.05, 0) is 30.0 Å². The number of aromatic nitrogens is 1. The third kappa shape index (κ3) is 5.21. The Morgan fingerprint density at radius 3 is 2.52 bits per heavy atom. The Labute approximate surface area is 148 Å². The van der Waals surface area contributed by atoms with E-state index in [2.05, 4.69) is 10.3 Å². The highest BCUT2D eigenvalue weighted by atomic mass is 16.1. The number of nitrogens with one attached hydrogen (secondary N) is 1. The van der Waals surface area contributed by atoms with E-state index >= 15 is 0 Å². The van der Waals surface area contributed by atoms with Crippen LogP contribution < -0.4 is 16.6 Å². The molecule has 0 saturated heterocycles. The van der Waals surface area contributed by atoms with Gasteiger partial charge in [0.2, 0.25) is 0 Å². The maximum Gasteiger partial charge on any atom is 0.250 e. The first-order chi connectivity index (χ1) is 12.2. The van der Waals surface area contributed by atoms with Crippen LogP contribution >= 0.6 is 0 Å². The molecular weight excluding hydrogens is 312 g/mol. The van der Waals surface area contributed by atoms with Crippen LogP contribution in [-0.2, 0) is 13.1 Å². The van der Waals surface area contributed by atoms with Crippen LogP contribution in [0.25, 0.3) is 0 Å². The summed E-state index contributed by atoms with van der Waals surface area (Å²) in [7, 11) is 0. The van der Waals surface area contributed by atoms with Gasteiger partial charge in [-0.3, -0.25) is 4.79 Å². The lowest BCUT2D eigenvalue weighted by molar-refractivity contribution is 0.412. The average molecular weight is 338 g/mol. The highest BCUT2D eigenvalue weighted by Crippen LogP contribution is 2.17.